The third-order valence-electron chi connectivity index (χ3n) is 2.76. The smallest absolute Gasteiger partial charge is 0.242 e. The summed E-state index contributed by atoms with van der Waals surface area (Å²) >= 11 is 5.64. The second kappa shape index (κ2) is 7.06. The molecule has 1 aromatic carbocycles. The van der Waals surface area contributed by atoms with E-state index in [1.165, 1.54) is 24.3 Å². The minimum absolute atomic E-state index is 0.128. The summed E-state index contributed by atoms with van der Waals surface area (Å²) in [4.78, 5) is 11.6. The van der Waals surface area contributed by atoms with Gasteiger partial charge in [-0.25, -0.2) is 13.1 Å². The maximum absolute atomic E-state index is 12.0. The van der Waals surface area contributed by atoms with E-state index in [0.717, 1.165) is 0 Å². The molecule has 1 amide bonds. The molecular weight excluding hydrogens is 300 g/mol. The van der Waals surface area contributed by atoms with Gasteiger partial charge in [0.1, 0.15) is 5.38 Å². The van der Waals surface area contributed by atoms with Crippen LogP contribution in [0.2, 0.25) is 0 Å². The third kappa shape index (κ3) is 4.77. The molecule has 2 N–H and O–H groups in total. The van der Waals surface area contributed by atoms with E-state index in [9.17, 15) is 13.2 Å². The highest BCUT2D eigenvalue weighted by Gasteiger charge is 2.16. The molecule has 0 fully saturated rings. The van der Waals surface area contributed by atoms with Crippen molar-refractivity contribution in [2.45, 2.75) is 43.5 Å². The average Bonchev–Trinajstić information content (AvgIpc) is 2.38. The Bertz CT molecular complexity index is 555. The van der Waals surface area contributed by atoms with Gasteiger partial charge in [-0.3, -0.25) is 4.79 Å². The van der Waals surface area contributed by atoms with Gasteiger partial charge in [-0.1, -0.05) is 6.92 Å². The maximum Gasteiger partial charge on any atom is 0.242 e. The third-order valence-corrected chi connectivity index (χ3v) is 4.57. The second-order valence-electron chi connectivity index (χ2n) is 4.56. The summed E-state index contributed by atoms with van der Waals surface area (Å²) in [6.07, 6.45) is 0.709. The van der Waals surface area contributed by atoms with Crippen molar-refractivity contribution in [3.05, 3.63) is 24.3 Å². The number of nitrogens with one attached hydrogen (secondary N) is 2. The van der Waals surface area contributed by atoms with Crippen LogP contribution >= 0.6 is 11.6 Å². The Morgan fingerprint density at radius 3 is 2.25 bits per heavy atom. The lowest BCUT2D eigenvalue weighted by atomic mass is 10.3. The number of hydrogen-bond acceptors (Lipinski definition) is 3. The van der Waals surface area contributed by atoms with Crippen molar-refractivity contribution in [3.8, 4) is 0 Å². The summed E-state index contributed by atoms with van der Waals surface area (Å²) in [5, 5.41) is 1.94. The lowest BCUT2D eigenvalue weighted by Gasteiger charge is -2.12. The van der Waals surface area contributed by atoms with Crippen LogP contribution in [0.1, 0.15) is 27.2 Å². The molecule has 0 bridgehead atoms. The molecule has 0 spiro atoms. The molecular formula is C13H19ClN2O3S. The van der Waals surface area contributed by atoms with Gasteiger partial charge in [-0.05, 0) is 44.5 Å². The molecule has 2 atom stereocenters. The number of rotatable bonds is 6. The number of hydrogen-bond donors (Lipinski definition) is 2. The Hall–Kier alpha value is -1.11. The van der Waals surface area contributed by atoms with E-state index >= 15 is 0 Å². The minimum Gasteiger partial charge on any atom is -0.325 e. The zero-order valence-electron chi connectivity index (χ0n) is 11.7. The number of sulfonamides is 1. The van der Waals surface area contributed by atoms with Crippen LogP contribution in [-0.2, 0) is 14.8 Å². The lowest BCUT2D eigenvalue weighted by Crippen LogP contribution is -2.32. The topological polar surface area (TPSA) is 75.3 Å². The van der Waals surface area contributed by atoms with Gasteiger partial charge in [0.15, 0.2) is 0 Å². The fourth-order valence-electron chi connectivity index (χ4n) is 1.38. The van der Waals surface area contributed by atoms with Crippen molar-refractivity contribution in [1.82, 2.24) is 4.72 Å². The van der Waals surface area contributed by atoms with Crippen molar-refractivity contribution in [3.63, 3.8) is 0 Å². The molecule has 0 heterocycles. The molecule has 0 unspecified atom stereocenters. The summed E-state index contributed by atoms with van der Waals surface area (Å²) in [5.41, 5.74) is 0.505. The Balaban J connectivity index is 2.83. The largest absolute Gasteiger partial charge is 0.325 e. The minimum atomic E-state index is -3.52. The summed E-state index contributed by atoms with van der Waals surface area (Å²) < 4.78 is 26.6. The van der Waals surface area contributed by atoms with Crippen LogP contribution in [0.5, 0.6) is 0 Å². The number of anilines is 1. The van der Waals surface area contributed by atoms with E-state index in [4.69, 9.17) is 11.6 Å². The zero-order valence-corrected chi connectivity index (χ0v) is 13.3. The van der Waals surface area contributed by atoms with Crippen LogP contribution in [0.15, 0.2) is 29.2 Å². The van der Waals surface area contributed by atoms with Crippen LogP contribution in [0.3, 0.4) is 0 Å². The molecule has 0 radical (unpaired) electrons. The second-order valence-corrected chi connectivity index (χ2v) is 6.93. The number of halogens is 1. The fourth-order valence-corrected chi connectivity index (χ4v) is 2.76. The Morgan fingerprint density at radius 2 is 1.80 bits per heavy atom. The van der Waals surface area contributed by atoms with Gasteiger partial charge in [-0.2, -0.15) is 0 Å². The molecule has 1 aromatic rings. The Morgan fingerprint density at radius 1 is 1.25 bits per heavy atom. The van der Waals surface area contributed by atoms with Gasteiger partial charge in [0.2, 0.25) is 15.9 Å². The first-order valence-electron chi connectivity index (χ1n) is 6.33. The normalized spacial score (nSPS) is 14.6. The molecule has 0 aromatic heterocycles. The molecule has 5 nitrogen and oxygen atoms in total. The summed E-state index contributed by atoms with van der Waals surface area (Å²) in [6.45, 7) is 5.26. The molecule has 1 rings (SSSR count). The van der Waals surface area contributed by atoms with E-state index in [0.29, 0.717) is 12.1 Å². The van der Waals surface area contributed by atoms with Gasteiger partial charge in [0, 0.05) is 11.7 Å². The molecule has 112 valence electrons. The first-order chi connectivity index (χ1) is 9.26. The van der Waals surface area contributed by atoms with Gasteiger partial charge in [0.25, 0.3) is 0 Å². The van der Waals surface area contributed by atoms with Gasteiger partial charge >= 0.3 is 0 Å². The van der Waals surface area contributed by atoms with Crippen LogP contribution in [-0.4, -0.2) is 25.7 Å². The van der Waals surface area contributed by atoms with E-state index < -0.39 is 15.4 Å². The van der Waals surface area contributed by atoms with Crippen molar-refractivity contribution in [2.24, 2.45) is 0 Å². The highest BCUT2D eigenvalue weighted by atomic mass is 35.5. The molecule has 7 heteroatoms. The van der Waals surface area contributed by atoms with Gasteiger partial charge < -0.3 is 5.32 Å². The Labute approximate surface area is 124 Å². The lowest BCUT2D eigenvalue weighted by molar-refractivity contribution is -0.115. The van der Waals surface area contributed by atoms with E-state index in [2.05, 4.69) is 10.0 Å². The van der Waals surface area contributed by atoms with Crippen molar-refractivity contribution in [1.29, 1.82) is 0 Å². The first-order valence-corrected chi connectivity index (χ1v) is 8.25. The standard InChI is InChI=1S/C13H19ClN2O3S/c1-4-9(2)16-20(18,19)12-7-5-11(6-8-12)15-13(17)10(3)14/h5-10,16H,4H2,1-3H3,(H,15,17)/t9-,10-/m0/s1. The van der Waals surface area contributed by atoms with E-state index in [1.54, 1.807) is 13.8 Å². The van der Waals surface area contributed by atoms with Crippen LogP contribution in [0.25, 0.3) is 0 Å². The zero-order chi connectivity index (χ0) is 15.3. The monoisotopic (exact) mass is 318 g/mol. The number of carbonyl (C=O) groups is 1. The van der Waals surface area contributed by atoms with Crippen LogP contribution < -0.4 is 10.0 Å². The summed E-state index contributed by atoms with van der Waals surface area (Å²) in [7, 11) is -3.52. The molecule has 0 saturated heterocycles. The Kier molecular flexibility index (Phi) is 5.98. The van der Waals surface area contributed by atoms with Crippen LogP contribution in [0, 0.1) is 0 Å². The highest BCUT2D eigenvalue weighted by molar-refractivity contribution is 7.89. The number of carbonyl (C=O) groups excluding carboxylic acids is 1. The number of amides is 1. The predicted molar refractivity (Wildman–Crippen MR) is 80.5 cm³/mol. The summed E-state index contributed by atoms with van der Waals surface area (Å²) in [6, 6.07) is 5.82. The molecule has 0 saturated carbocycles. The van der Waals surface area contributed by atoms with Gasteiger partial charge in [-0.15, -0.1) is 11.6 Å². The summed E-state index contributed by atoms with van der Waals surface area (Å²) in [5.74, 6) is -0.333. The highest BCUT2D eigenvalue weighted by Crippen LogP contribution is 2.15. The molecule has 20 heavy (non-hydrogen) atoms. The van der Waals surface area contributed by atoms with E-state index in [-0.39, 0.29) is 16.8 Å². The predicted octanol–water partition coefficient (Wildman–Crippen LogP) is 2.33. The van der Waals surface area contributed by atoms with Crippen molar-refractivity contribution in [2.75, 3.05) is 5.32 Å². The van der Waals surface area contributed by atoms with E-state index in [1.807, 2.05) is 6.92 Å². The van der Waals surface area contributed by atoms with Crippen molar-refractivity contribution >= 4 is 33.2 Å². The van der Waals surface area contributed by atoms with Crippen LogP contribution in [0.4, 0.5) is 5.69 Å². The first kappa shape index (κ1) is 16.9. The van der Waals surface area contributed by atoms with Crippen molar-refractivity contribution < 1.29 is 13.2 Å². The van der Waals surface area contributed by atoms with Gasteiger partial charge in [0.05, 0.1) is 4.90 Å². The maximum atomic E-state index is 12.0. The number of alkyl halides is 1. The number of benzene rings is 1. The molecule has 0 aliphatic heterocycles. The molecule has 0 aliphatic rings. The molecule has 0 aliphatic carbocycles. The quantitative estimate of drug-likeness (QED) is 0.790. The SMILES string of the molecule is CC[C@H](C)NS(=O)(=O)c1ccc(NC(=O)[C@H](C)Cl)cc1. The fraction of sp³-hybridized carbons (Fsp3) is 0.462. The average molecular weight is 319 g/mol.